The van der Waals surface area contributed by atoms with E-state index in [0.717, 1.165) is 18.4 Å². The van der Waals surface area contributed by atoms with Crippen molar-refractivity contribution in [2.75, 3.05) is 6.61 Å². The molecule has 0 radical (unpaired) electrons. The first kappa shape index (κ1) is 21.0. The quantitative estimate of drug-likeness (QED) is 0.287. The number of hydrogen-bond acceptors (Lipinski definition) is 6. The van der Waals surface area contributed by atoms with Gasteiger partial charge in [-0.25, -0.2) is 4.79 Å². The third-order valence-electron chi connectivity index (χ3n) is 4.18. The smallest absolute Gasteiger partial charge is 0.338 e. The fourth-order valence-electron chi connectivity index (χ4n) is 2.68. The summed E-state index contributed by atoms with van der Waals surface area (Å²) in [6.45, 7) is 2.74. The van der Waals surface area contributed by atoms with Crippen LogP contribution in [0.5, 0.6) is 0 Å². The minimum Gasteiger partial charge on any atom is -0.462 e. The van der Waals surface area contributed by atoms with Crippen molar-refractivity contribution in [1.29, 1.82) is 0 Å². The number of esters is 1. The van der Waals surface area contributed by atoms with Crippen molar-refractivity contribution in [3.8, 4) is 0 Å². The van der Waals surface area contributed by atoms with E-state index < -0.39 is 0 Å². The van der Waals surface area contributed by atoms with Gasteiger partial charge in [0.25, 0.3) is 0 Å². The molecule has 0 spiro atoms. The van der Waals surface area contributed by atoms with Gasteiger partial charge in [-0.15, -0.1) is 0 Å². The van der Waals surface area contributed by atoms with Crippen LogP contribution in [-0.4, -0.2) is 12.6 Å². The number of thioether (sulfide) groups is 4. The summed E-state index contributed by atoms with van der Waals surface area (Å²) in [7, 11) is 0. The van der Waals surface area contributed by atoms with Crippen LogP contribution in [0.25, 0.3) is 4.91 Å². The molecule has 0 saturated heterocycles. The lowest BCUT2D eigenvalue weighted by Crippen LogP contribution is -2.06. The van der Waals surface area contributed by atoms with Gasteiger partial charge in [0.2, 0.25) is 0 Å². The number of carbonyl (C=O) groups is 1. The minimum absolute atomic E-state index is 0.217. The van der Waals surface area contributed by atoms with Crippen molar-refractivity contribution in [3.05, 3.63) is 60.1 Å². The van der Waals surface area contributed by atoms with Gasteiger partial charge >= 0.3 is 5.97 Å². The Hall–Kier alpha value is -0.690. The number of ether oxygens (including phenoxy) is 1. The highest BCUT2D eigenvalue weighted by molar-refractivity contribution is 8.35. The molecule has 0 amide bonds. The molecule has 2 aliphatic heterocycles. The third kappa shape index (κ3) is 6.41. The van der Waals surface area contributed by atoms with Gasteiger partial charge in [0, 0.05) is 4.91 Å². The molecule has 0 aromatic heterocycles. The molecule has 2 heterocycles. The molecule has 0 saturated carbocycles. The Morgan fingerprint density at radius 3 is 2.33 bits per heavy atom. The van der Waals surface area contributed by atoms with E-state index in [1.54, 1.807) is 47.0 Å². The molecule has 1 aromatic rings. The van der Waals surface area contributed by atoms with Crippen molar-refractivity contribution in [3.63, 3.8) is 0 Å². The number of carbonyl (C=O) groups excluding carboxylic acids is 1. The van der Waals surface area contributed by atoms with Gasteiger partial charge in [-0.2, -0.15) is 0 Å². The lowest BCUT2D eigenvalue weighted by Gasteiger charge is -2.07. The van der Waals surface area contributed by atoms with Crippen LogP contribution in [0, 0.1) is 0 Å². The van der Waals surface area contributed by atoms with E-state index in [1.807, 2.05) is 24.3 Å². The first-order valence-electron chi connectivity index (χ1n) is 9.33. The molecular weight excluding hydrogens is 412 g/mol. The van der Waals surface area contributed by atoms with Crippen LogP contribution in [0.1, 0.15) is 61.4 Å². The van der Waals surface area contributed by atoms with Gasteiger partial charge in [0.1, 0.15) is 0 Å². The minimum atomic E-state index is -0.217. The van der Waals surface area contributed by atoms with E-state index in [4.69, 9.17) is 4.74 Å². The second-order valence-electron chi connectivity index (χ2n) is 6.27. The molecule has 0 atom stereocenters. The molecule has 0 unspecified atom stereocenters. The summed E-state index contributed by atoms with van der Waals surface area (Å²) in [5.41, 5.74) is 1.78. The number of hydrogen-bond donors (Lipinski definition) is 0. The summed E-state index contributed by atoms with van der Waals surface area (Å²) in [4.78, 5) is 13.4. The van der Waals surface area contributed by atoms with Gasteiger partial charge in [-0.05, 0) is 40.3 Å². The molecule has 1 aromatic carbocycles. The van der Waals surface area contributed by atoms with Crippen molar-refractivity contribution in [1.82, 2.24) is 0 Å². The number of rotatable bonds is 9. The van der Waals surface area contributed by atoms with Gasteiger partial charge in [-0.3, -0.25) is 0 Å². The fourth-order valence-corrected chi connectivity index (χ4v) is 7.16. The average Bonchev–Trinajstić information content (AvgIpc) is 3.39. The maximum Gasteiger partial charge on any atom is 0.338 e. The van der Waals surface area contributed by atoms with Crippen molar-refractivity contribution in [2.24, 2.45) is 0 Å². The molecule has 0 fully saturated rings. The molecule has 0 aliphatic carbocycles. The fraction of sp³-hybridized carbons (Fsp3) is 0.381. The predicted molar refractivity (Wildman–Crippen MR) is 125 cm³/mol. The zero-order valence-electron chi connectivity index (χ0n) is 15.4. The van der Waals surface area contributed by atoms with Crippen LogP contribution in [0.3, 0.4) is 0 Å². The molecular formula is C21H24O2S4. The monoisotopic (exact) mass is 436 g/mol. The molecule has 144 valence electrons. The Labute approximate surface area is 179 Å². The lowest BCUT2D eigenvalue weighted by atomic mass is 10.1. The molecule has 6 heteroatoms. The van der Waals surface area contributed by atoms with Gasteiger partial charge in [-0.1, -0.05) is 98.2 Å². The van der Waals surface area contributed by atoms with Crippen LogP contribution in [0.4, 0.5) is 0 Å². The Morgan fingerprint density at radius 2 is 1.59 bits per heavy atom. The summed E-state index contributed by atoms with van der Waals surface area (Å²) in [5.74, 6) is -0.217. The molecule has 2 aliphatic rings. The maximum atomic E-state index is 12.2. The zero-order chi connectivity index (χ0) is 18.9. The Balaban J connectivity index is 1.43. The van der Waals surface area contributed by atoms with Crippen molar-refractivity contribution < 1.29 is 9.53 Å². The second kappa shape index (κ2) is 11.3. The molecule has 3 rings (SSSR count). The highest BCUT2D eigenvalue weighted by atomic mass is 32.2. The molecule has 0 bridgehead atoms. The highest BCUT2D eigenvalue weighted by Gasteiger charge is 2.20. The molecule has 0 N–H and O–H groups in total. The van der Waals surface area contributed by atoms with E-state index in [1.165, 1.54) is 39.1 Å². The van der Waals surface area contributed by atoms with Crippen LogP contribution < -0.4 is 0 Å². The topological polar surface area (TPSA) is 26.3 Å². The van der Waals surface area contributed by atoms with Crippen LogP contribution in [0.15, 0.2) is 49.0 Å². The average molecular weight is 437 g/mol. The Morgan fingerprint density at radius 1 is 0.889 bits per heavy atom. The van der Waals surface area contributed by atoms with Crippen molar-refractivity contribution >= 4 is 57.9 Å². The first-order chi connectivity index (χ1) is 13.3. The Kier molecular flexibility index (Phi) is 8.84. The van der Waals surface area contributed by atoms with E-state index in [-0.39, 0.29) is 5.97 Å². The molecule has 27 heavy (non-hydrogen) atoms. The second-order valence-corrected chi connectivity index (χ2v) is 10.5. The number of benzene rings is 1. The predicted octanol–water partition coefficient (Wildman–Crippen LogP) is 8.06. The largest absolute Gasteiger partial charge is 0.462 e. The maximum absolute atomic E-state index is 12.2. The van der Waals surface area contributed by atoms with Crippen LogP contribution in [-0.2, 0) is 4.74 Å². The van der Waals surface area contributed by atoms with E-state index in [9.17, 15) is 4.79 Å². The first-order valence-corrected chi connectivity index (χ1v) is 12.8. The standard InChI is InChI=1S/C21H24O2S4/c1-2-3-4-5-6-7-12-23-19(22)17-10-8-16(9-11-17)18-15-26-21(27-18)20-24-13-14-25-20/h8-11,13-15H,2-7,12H2,1H3. The summed E-state index contributed by atoms with van der Waals surface area (Å²) in [6.07, 6.45) is 7.16. The van der Waals surface area contributed by atoms with Gasteiger partial charge in [0.15, 0.2) is 0 Å². The number of unbranched alkanes of at least 4 members (excludes halogenated alkanes) is 5. The summed E-state index contributed by atoms with van der Waals surface area (Å²) in [6, 6.07) is 7.77. The molecule has 2 nitrogen and oxygen atoms in total. The van der Waals surface area contributed by atoms with Crippen LogP contribution >= 0.6 is 47.0 Å². The Bertz CT molecular complexity index is 725. The summed E-state index contributed by atoms with van der Waals surface area (Å²) < 4.78 is 8.09. The van der Waals surface area contributed by atoms with E-state index >= 15 is 0 Å². The van der Waals surface area contributed by atoms with Gasteiger partial charge < -0.3 is 4.74 Å². The lowest BCUT2D eigenvalue weighted by molar-refractivity contribution is 0.0497. The SMILES string of the molecule is CCCCCCCCOC(=O)c1ccc(C2=CSC(=C3SC=CS3)S2)cc1. The van der Waals surface area contributed by atoms with Crippen LogP contribution in [0.2, 0.25) is 0 Å². The normalized spacial score (nSPS) is 16.1. The van der Waals surface area contributed by atoms with Gasteiger partial charge in [0.05, 0.1) is 20.6 Å². The van der Waals surface area contributed by atoms with E-state index in [0.29, 0.717) is 12.2 Å². The summed E-state index contributed by atoms with van der Waals surface area (Å²) in [5, 5.41) is 6.44. The van der Waals surface area contributed by atoms with E-state index in [2.05, 4.69) is 23.1 Å². The third-order valence-corrected chi connectivity index (χ3v) is 9.25. The summed E-state index contributed by atoms with van der Waals surface area (Å²) >= 11 is 7.15. The highest BCUT2D eigenvalue weighted by Crippen LogP contribution is 2.55. The zero-order valence-corrected chi connectivity index (χ0v) is 18.7. The van der Waals surface area contributed by atoms with Crippen molar-refractivity contribution in [2.45, 2.75) is 45.4 Å².